The molecule has 0 amide bonds. The quantitative estimate of drug-likeness (QED) is 0.166. The molecule has 0 fully saturated rings. The number of hydrogen-bond acceptors (Lipinski definition) is 7. The summed E-state index contributed by atoms with van der Waals surface area (Å²) in [6.45, 7) is 2.07. The molecule has 10 nitrogen and oxygen atoms in total. The SMILES string of the molecule is CCCCCCCCCC([N+](=O)[O-])C(C=O)([N+](=O)[O-])[N+](=O)[O-]. The van der Waals surface area contributed by atoms with Gasteiger partial charge in [-0.05, 0) is 6.42 Å². The highest BCUT2D eigenvalue weighted by molar-refractivity contribution is 5.60. The monoisotopic (exact) mass is 319 g/mol. The molecule has 10 heteroatoms. The summed E-state index contributed by atoms with van der Waals surface area (Å²) >= 11 is 0. The molecule has 0 saturated heterocycles. The van der Waals surface area contributed by atoms with Crippen LogP contribution in [0, 0.1) is 30.3 Å². The molecule has 1 unspecified atom stereocenters. The minimum absolute atomic E-state index is 0.231. The predicted octanol–water partition coefficient (Wildman–Crippen LogP) is 2.22. The minimum atomic E-state index is -3.41. The van der Waals surface area contributed by atoms with Crippen molar-refractivity contribution in [1.82, 2.24) is 0 Å². The molecule has 0 aliphatic carbocycles. The second-order valence-electron chi connectivity index (χ2n) is 5.13. The first-order valence-electron chi connectivity index (χ1n) is 7.23. The molecule has 0 N–H and O–H groups in total. The van der Waals surface area contributed by atoms with E-state index in [4.69, 9.17) is 0 Å². The van der Waals surface area contributed by atoms with Gasteiger partial charge in [-0.1, -0.05) is 45.4 Å². The maximum Gasteiger partial charge on any atom is 0.577 e. The smallest absolute Gasteiger partial charge is 0.287 e. The Kier molecular flexibility index (Phi) is 8.80. The van der Waals surface area contributed by atoms with Gasteiger partial charge in [-0.2, -0.15) is 0 Å². The summed E-state index contributed by atoms with van der Waals surface area (Å²) in [6.07, 6.45) is 4.86. The molecule has 22 heavy (non-hydrogen) atoms. The number of nitro groups is 3. The van der Waals surface area contributed by atoms with E-state index >= 15 is 0 Å². The van der Waals surface area contributed by atoms with E-state index in [0.29, 0.717) is 6.42 Å². The molecule has 0 aromatic heterocycles. The Morgan fingerprint density at radius 1 is 0.909 bits per heavy atom. The molecule has 0 radical (unpaired) electrons. The van der Waals surface area contributed by atoms with Gasteiger partial charge in [-0.3, -0.25) is 35.1 Å². The summed E-state index contributed by atoms with van der Waals surface area (Å²) in [6, 6.07) is -2.16. The molecule has 0 spiro atoms. The Morgan fingerprint density at radius 2 is 1.36 bits per heavy atom. The first-order valence-corrected chi connectivity index (χ1v) is 7.23. The molecule has 0 rings (SSSR count). The van der Waals surface area contributed by atoms with Crippen LogP contribution in [0.3, 0.4) is 0 Å². The highest BCUT2D eigenvalue weighted by Gasteiger charge is 2.70. The van der Waals surface area contributed by atoms with Gasteiger partial charge in [-0.25, -0.2) is 0 Å². The van der Waals surface area contributed by atoms with E-state index in [-0.39, 0.29) is 12.8 Å². The Balaban J connectivity index is 4.71. The number of carbonyl (C=O) groups excluding carboxylic acids is 1. The Bertz CT molecular complexity index is 400. The van der Waals surface area contributed by atoms with Gasteiger partial charge in [-0.15, -0.1) is 0 Å². The molecule has 0 bridgehead atoms. The molecular formula is C12H21N3O7. The van der Waals surface area contributed by atoms with Crippen molar-refractivity contribution in [2.24, 2.45) is 0 Å². The summed E-state index contributed by atoms with van der Waals surface area (Å²) in [4.78, 5) is 39.5. The van der Waals surface area contributed by atoms with Gasteiger partial charge in [0.1, 0.15) is 9.85 Å². The van der Waals surface area contributed by atoms with E-state index in [1.807, 2.05) is 0 Å². The number of nitrogens with zero attached hydrogens (tertiary/aromatic N) is 3. The summed E-state index contributed by atoms with van der Waals surface area (Å²) in [5.41, 5.74) is -3.41. The van der Waals surface area contributed by atoms with E-state index in [0.717, 1.165) is 32.1 Å². The zero-order chi connectivity index (χ0) is 17.2. The predicted molar refractivity (Wildman–Crippen MR) is 76.2 cm³/mol. The van der Waals surface area contributed by atoms with Crippen LogP contribution < -0.4 is 0 Å². The maximum atomic E-state index is 11.0. The van der Waals surface area contributed by atoms with E-state index < -0.39 is 32.8 Å². The van der Waals surface area contributed by atoms with E-state index in [1.165, 1.54) is 0 Å². The van der Waals surface area contributed by atoms with Gasteiger partial charge in [0.15, 0.2) is 0 Å². The van der Waals surface area contributed by atoms with Crippen LogP contribution in [0.25, 0.3) is 0 Å². The lowest BCUT2D eigenvalue weighted by molar-refractivity contribution is -0.812. The lowest BCUT2D eigenvalue weighted by Crippen LogP contribution is -2.60. The lowest BCUT2D eigenvalue weighted by atomic mass is 9.96. The maximum absolute atomic E-state index is 11.0. The zero-order valence-corrected chi connectivity index (χ0v) is 12.5. The standard InChI is InChI=1S/C12H21N3O7/c1-2-3-4-5-6-7-8-9-11(13(17)18)12(10-16,14(19)20)15(21)22/h10-11H,2-9H2,1H3. The van der Waals surface area contributed by atoms with Crippen LogP contribution in [0.1, 0.15) is 58.3 Å². The van der Waals surface area contributed by atoms with Crippen LogP contribution in [0.4, 0.5) is 0 Å². The fourth-order valence-corrected chi connectivity index (χ4v) is 2.24. The van der Waals surface area contributed by atoms with Crippen molar-refractivity contribution in [3.05, 3.63) is 30.3 Å². The third-order valence-corrected chi connectivity index (χ3v) is 3.58. The highest BCUT2D eigenvalue weighted by Crippen LogP contribution is 2.22. The number of rotatable bonds is 13. The van der Waals surface area contributed by atoms with Gasteiger partial charge >= 0.3 is 11.7 Å². The fraction of sp³-hybridized carbons (Fsp3) is 0.917. The molecule has 126 valence electrons. The minimum Gasteiger partial charge on any atom is -0.287 e. The van der Waals surface area contributed by atoms with Crippen molar-refractivity contribution < 1.29 is 19.6 Å². The molecular weight excluding hydrogens is 298 g/mol. The zero-order valence-electron chi connectivity index (χ0n) is 12.5. The summed E-state index contributed by atoms with van der Waals surface area (Å²) < 4.78 is 0. The Hall–Kier alpha value is -2.13. The van der Waals surface area contributed by atoms with Gasteiger partial charge in [0.2, 0.25) is 0 Å². The molecule has 0 heterocycles. The van der Waals surface area contributed by atoms with E-state index in [1.54, 1.807) is 0 Å². The van der Waals surface area contributed by atoms with Crippen LogP contribution in [-0.2, 0) is 4.79 Å². The van der Waals surface area contributed by atoms with Crippen molar-refractivity contribution in [3.8, 4) is 0 Å². The largest absolute Gasteiger partial charge is 0.577 e. The van der Waals surface area contributed by atoms with Crippen molar-refractivity contribution in [2.75, 3.05) is 0 Å². The van der Waals surface area contributed by atoms with Crippen LogP contribution in [0.15, 0.2) is 0 Å². The van der Waals surface area contributed by atoms with Gasteiger partial charge in [0.05, 0.1) is 0 Å². The van der Waals surface area contributed by atoms with Gasteiger partial charge < -0.3 is 0 Å². The molecule has 1 atom stereocenters. The third-order valence-electron chi connectivity index (χ3n) is 3.58. The van der Waals surface area contributed by atoms with Gasteiger partial charge in [0.25, 0.3) is 6.29 Å². The summed E-state index contributed by atoms with van der Waals surface area (Å²) in [5, 5.41) is 32.7. The molecule has 0 aromatic rings. The Morgan fingerprint density at radius 3 is 1.73 bits per heavy atom. The number of hydrogen-bond donors (Lipinski definition) is 0. The normalized spacial score (nSPS) is 12.6. The molecule has 0 saturated carbocycles. The van der Waals surface area contributed by atoms with E-state index in [9.17, 15) is 35.1 Å². The highest BCUT2D eigenvalue weighted by atomic mass is 16.7. The van der Waals surface area contributed by atoms with Crippen molar-refractivity contribution in [3.63, 3.8) is 0 Å². The van der Waals surface area contributed by atoms with Crippen molar-refractivity contribution in [1.29, 1.82) is 0 Å². The van der Waals surface area contributed by atoms with Crippen molar-refractivity contribution >= 4 is 6.29 Å². The average Bonchev–Trinajstić information content (AvgIpc) is 2.44. The van der Waals surface area contributed by atoms with Crippen LogP contribution >= 0.6 is 0 Å². The summed E-state index contributed by atoms with van der Waals surface area (Å²) in [7, 11) is 0. The van der Waals surface area contributed by atoms with Crippen LogP contribution in [0.5, 0.6) is 0 Å². The third kappa shape index (κ3) is 5.01. The lowest BCUT2D eigenvalue weighted by Gasteiger charge is -2.15. The topological polar surface area (TPSA) is 146 Å². The van der Waals surface area contributed by atoms with Gasteiger partial charge in [0, 0.05) is 11.3 Å². The first kappa shape index (κ1) is 19.9. The number of aldehydes is 1. The number of carbonyl (C=O) groups is 1. The van der Waals surface area contributed by atoms with Crippen LogP contribution in [0.2, 0.25) is 0 Å². The summed E-state index contributed by atoms with van der Waals surface area (Å²) in [5.74, 6) is 0. The molecule has 0 aliphatic heterocycles. The number of unbranched alkanes of at least 4 members (excludes halogenated alkanes) is 6. The average molecular weight is 319 g/mol. The first-order chi connectivity index (χ1) is 10.3. The molecule has 0 aromatic carbocycles. The molecule has 0 aliphatic rings. The van der Waals surface area contributed by atoms with E-state index in [2.05, 4.69) is 6.92 Å². The second-order valence-corrected chi connectivity index (χ2v) is 5.13. The fourth-order valence-electron chi connectivity index (χ4n) is 2.24. The van der Waals surface area contributed by atoms with Crippen molar-refractivity contribution in [2.45, 2.75) is 70.0 Å². The second kappa shape index (κ2) is 9.74. The van der Waals surface area contributed by atoms with Crippen LogP contribution in [-0.4, -0.2) is 32.8 Å². The Labute approximate surface area is 127 Å².